The lowest BCUT2D eigenvalue weighted by atomic mass is 10.2. The van der Waals surface area contributed by atoms with Crippen LogP contribution in [0.5, 0.6) is 0 Å². The van der Waals surface area contributed by atoms with Crippen molar-refractivity contribution in [1.82, 2.24) is 14.5 Å². The van der Waals surface area contributed by atoms with Crippen molar-refractivity contribution < 1.29 is 13.2 Å². The lowest BCUT2D eigenvalue weighted by molar-refractivity contribution is 0.102. The summed E-state index contributed by atoms with van der Waals surface area (Å²) in [6, 6.07) is 14.8. The maximum absolute atomic E-state index is 13.2. The van der Waals surface area contributed by atoms with Crippen LogP contribution in [0, 0.1) is 6.92 Å². The van der Waals surface area contributed by atoms with Gasteiger partial charge in [-0.25, -0.2) is 18.4 Å². The van der Waals surface area contributed by atoms with Gasteiger partial charge in [-0.15, -0.1) is 11.3 Å². The van der Waals surface area contributed by atoms with Gasteiger partial charge >= 0.3 is 0 Å². The number of pyridine rings is 1. The van der Waals surface area contributed by atoms with E-state index in [-0.39, 0.29) is 29.1 Å². The van der Waals surface area contributed by atoms with E-state index in [0.717, 1.165) is 10.4 Å². The molecule has 1 saturated heterocycles. The number of nitrogens with zero attached hydrogens (tertiary/aromatic N) is 3. The second kappa shape index (κ2) is 7.58. The van der Waals surface area contributed by atoms with Crippen molar-refractivity contribution in [2.45, 2.75) is 19.4 Å². The van der Waals surface area contributed by atoms with Crippen LogP contribution in [0.2, 0.25) is 0 Å². The van der Waals surface area contributed by atoms with E-state index < -0.39 is 9.84 Å². The number of aryl methyl sites for hydroxylation is 1. The smallest absolute Gasteiger partial charge is 0.276 e. The molecule has 0 saturated carbocycles. The second-order valence-electron chi connectivity index (χ2n) is 7.61. The van der Waals surface area contributed by atoms with Gasteiger partial charge in [0.25, 0.3) is 5.91 Å². The molecule has 1 atom stereocenters. The number of carbonyl (C=O) groups excluding carboxylic acids is 1. The monoisotopic (exact) mass is 452 g/mol. The molecule has 1 aliphatic heterocycles. The predicted molar refractivity (Wildman–Crippen MR) is 122 cm³/mol. The fraction of sp³-hybridized carbons (Fsp3) is 0.227. The summed E-state index contributed by atoms with van der Waals surface area (Å²) >= 11 is 1.53. The number of amides is 1. The minimum atomic E-state index is -3.07. The molecule has 9 heteroatoms. The molecule has 1 aromatic carbocycles. The molecule has 0 aliphatic carbocycles. The molecule has 1 aliphatic rings. The number of fused-ring (bicyclic) bond motifs is 1. The van der Waals surface area contributed by atoms with Crippen LogP contribution in [0.15, 0.2) is 53.9 Å². The molecule has 5 rings (SSSR count). The quantitative estimate of drug-likeness (QED) is 0.504. The number of imidazole rings is 1. The highest BCUT2D eigenvalue weighted by atomic mass is 32.2. The van der Waals surface area contributed by atoms with E-state index in [1.165, 1.54) is 11.3 Å². The van der Waals surface area contributed by atoms with Gasteiger partial charge in [0.05, 0.1) is 33.6 Å². The number of carbonyl (C=O) groups is 1. The molecule has 3 aromatic heterocycles. The molecule has 0 spiro atoms. The molecule has 0 radical (unpaired) electrons. The van der Waals surface area contributed by atoms with Crippen LogP contribution in [0.1, 0.15) is 28.8 Å². The largest absolute Gasteiger partial charge is 0.324 e. The van der Waals surface area contributed by atoms with Crippen molar-refractivity contribution in [3.63, 3.8) is 0 Å². The number of aromatic nitrogens is 3. The van der Waals surface area contributed by atoms with Gasteiger partial charge in [0, 0.05) is 5.69 Å². The first-order valence-electron chi connectivity index (χ1n) is 9.91. The van der Waals surface area contributed by atoms with Crippen LogP contribution in [-0.4, -0.2) is 40.4 Å². The highest BCUT2D eigenvalue weighted by Crippen LogP contribution is 2.33. The van der Waals surface area contributed by atoms with Crippen molar-refractivity contribution in [1.29, 1.82) is 0 Å². The van der Waals surface area contributed by atoms with E-state index in [9.17, 15) is 13.2 Å². The Morgan fingerprint density at radius 2 is 1.97 bits per heavy atom. The first kappa shape index (κ1) is 19.9. The molecule has 1 unspecified atom stereocenters. The highest BCUT2D eigenvalue weighted by Gasteiger charge is 2.32. The highest BCUT2D eigenvalue weighted by molar-refractivity contribution is 7.91. The number of rotatable bonds is 4. The van der Waals surface area contributed by atoms with Gasteiger partial charge in [-0.3, -0.25) is 4.79 Å². The zero-order chi connectivity index (χ0) is 21.6. The Bertz CT molecular complexity index is 1380. The fourth-order valence-electron chi connectivity index (χ4n) is 4.07. The number of anilines is 1. The zero-order valence-corrected chi connectivity index (χ0v) is 18.4. The Balaban J connectivity index is 1.67. The topological polar surface area (TPSA) is 93.9 Å². The Kier molecular flexibility index (Phi) is 4.86. The van der Waals surface area contributed by atoms with E-state index in [1.807, 2.05) is 65.4 Å². The number of para-hydroxylation sites is 1. The molecule has 1 amide bonds. The average Bonchev–Trinajstić information content (AvgIpc) is 3.46. The van der Waals surface area contributed by atoms with Gasteiger partial charge in [-0.05, 0) is 43.0 Å². The molecule has 158 valence electrons. The van der Waals surface area contributed by atoms with Gasteiger partial charge in [0.15, 0.2) is 15.5 Å². The SMILES string of the molecule is Cc1nc2c(C(=O)Nc3ccccc3)nc(-c3cccs3)cc2n1C1CCS(=O)(=O)C1. The van der Waals surface area contributed by atoms with Crippen molar-refractivity contribution in [2.75, 3.05) is 16.8 Å². The molecule has 0 bridgehead atoms. The van der Waals surface area contributed by atoms with Crippen LogP contribution in [0.3, 0.4) is 0 Å². The third kappa shape index (κ3) is 3.75. The van der Waals surface area contributed by atoms with E-state index in [1.54, 1.807) is 0 Å². The molecule has 1 fully saturated rings. The summed E-state index contributed by atoms with van der Waals surface area (Å²) in [4.78, 5) is 23.4. The van der Waals surface area contributed by atoms with Gasteiger partial charge in [-0.1, -0.05) is 24.3 Å². The van der Waals surface area contributed by atoms with Gasteiger partial charge in [0.1, 0.15) is 11.3 Å². The van der Waals surface area contributed by atoms with Crippen molar-refractivity contribution >= 4 is 43.8 Å². The summed E-state index contributed by atoms with van der Waals surface area (Å²) in [6.07, 6.45) is 0.539. The van der Waals surface area contributed by atoms with Crippen molar-refractivity contribution in [2.24, 2.45) is 0 Å². The molecule has 4 heterocycles. The molecule has 4 aromatic rings. The van der Waals surface area contributed by atoms with Crippen molar-refractivity contribution in [3.05, 3.63) is 65.4 Å². The normalized spacial score (nSPS) is 17.8. The number of thiophene rings is 1. The predicted octanol–water partition coefficient (Wildman–Crippen LogP) is 4.08. The molecular weight excluding hydrogens is 432 g/mol. The van der Waals surface area contributed by atoms with E-state index in [2.05, 4.69) is 15.3 Å². The van der Waals surface area contributed by atoms with Gasteiger partial charge in [-0.2, -0.15) is 0 Å². The Morgan fingerprint density at radius 3 is 2.65 bits per heavy atom. The molecular formula is C22H20N4O3S2. The lowest BCUT2D eigenvalue weighted by Crippen LogP contribution is -2.15. The fourth-order valence-corrected chi connectivity index (χ4v) is 6.46. The van der Waals surface area contributed by atoms with E-state index in [4.69, 9.17) is 0 Å². The number of hydrogen-bond acceptors (Lipinski definition) is 6. The summed E-state index contributed by atoms with van der Waals surface area (Å²) in [5.74, 6) is 0.581. The van der Waals surface area contributed by atoms with E-state index >= 15 is 0 Å². The lowest BCUT2D eigenvalue weighted by Gasteiger charge is -2.14. The number of sulfone groups is 1. The summed E-state index contributed by atoms with van der Waals surface area (Å²) in [7, 11) is -3.07. The molecule has 31 heavy (non-hydrogen) atoms. The summed E-state index contributed by atoms with van der Waals surface area (Å²) in [5.41, 5.74) is 2.78. The molecule has 1 N–H and O–H groups in total. The maximum Gasteiger partial charge on any atom is 0.276 e. The first-order valence-corrected chi connectivity index (χ1v) is 12.6. The second-order valence-corrected chi connectivity index (χ2v) is 10.8. The van der Waals surface area contributed by atoms with Crippen LogP contribution < -0.4 is 5.32 Å². The third-order valence-corrected chi connectivity index (χ3v) is 8.09. The number of nitrogens with one attached hydrogen (secondary N) is 1. The summed E-state index contributed by atoms with van der Waals surface area (Å²) < 4.78 is 26.2. The zero-order valence-electron chi connectivity index (χ0n) is 16.8. The van der Waals surface area contributed by atoms with Gasteiger partial charge in [0.2, 0.25) is 0 Å². The first-order chi connectivity index (χ1) is 14.9. The minimum Gasteiger partial charge on any atom is -0.324 e. The van der Waals surface area contributed by atoms with Crippen LogP contribution in [0.4, 0.5) is 5.69 Å². The molecule has 7 nitrogen and oxygen atoms in total. The number of benzene rings is 1. The van der Waals surface area contributed by atoms with Gasteiger partial charge < -0.3 is 9.88 Å². The van der Waals surface area contributed by atoms with Crippen LogP contribution in [0.25, 0.3) is 21.6 Å². The van der Waals surface area contributed by atoms with Crippen LogP contribution in [-0.2, 0) is 9.84 Å². The Labute approximate surface area is 183 Å². The maximum atomic E-state index is 13.2. The summed E-state index contributed by atoms with van der Waals surface area (Å²) in [6.45, 7) is 1.84. The Morgan fingerprint density at radius 1 is 1.16 bits per heavy atom. The standard InChI is InChI=1S/C22H20N4O3S2/c1-14-23-20-18(26(14)16-9-11-31(28,29)13-16)12-17(19-8-5-10-30-19)25-21(20)22(27)24-15-6-3-2-4-7-15/h2-8,10,12,16H,9,11,13H2,1H3,(H,24,27). The Hall–Kier alpha value is -3.04. The minimum absolute atomic E-state index is 0.0848. The van der Waals surface area contributed by atoms with Crippen molar-refractivity contribution in [3.8, 4) is 10.6 Å². The average molecular weight is 453 g/mol. The third-order valence-electron chi connectivity index (χ3n) is 5.45. The van der Waals surface area contributed by atoms with Crippen LogP contribution >= 0.6 is 11.3 Å². The van der Waals surface area contributed by atoms with E-state index in [0.29, 0.717) is 29.1 Å². The number of hydrogen-bond donors (Lipinski definition) is 1. The summed E-state index contributed by atoms with van der Waals surface area (Å²) in [5, 5.41) is 4.85.